The summed E-state index contributed by atoms with van der Waals surface area (Å²) in [5.41, 5.74) is -0.166. The molecule has 1 heterocycles. The second-order valence-electron chi connectivity index (χ2n) is 3.25. The summed E-state index contributed by atoms with van der Waals surface area (Å²) in [4.78, 5) is 0. The van der Waals surface area contributed by atoms with Crippen LogP contribution >= 0.6 is 0 Å². The number of halogens is 2. The first-order chi connectivity index (χ1) is 7.13. The Morgan fingerprint density at radius 1 is 1.27 bits per heavy atom. The number of fused-ring (bicyclic) bond motifs is 1. The fourth-order valence-electron chi connectivity index (χ4n) is 1.41. The number of rotatable bonds is 3. The summed E-state index contributed by atoms with van der Waals surface area (Å²) in [6, 6.07) is 3.98. The van der Waals surface area contributed by atoms with Crippen LogP contribution in [0.2, 0.25) is 0 Å². The van der Waals surface area contributed by atoms with E-state index in [-0.39, 0.29) is 12.4 Å². The monoisotopic (exact) mass is 216 g/mol. The average Bonchev–Trinajstić information content (AvgIpc) is 2.63. The summed E-state index contributed by atoms with van der Waals surface area (Å²) in [5, 5.41) is 8.52. The molecule has 0 bridgehead atoms. The van der Waals surface area contributed by atoms with E-state index >= 15 is 0 Å². The first-order valence-corrected chi connectivity index (χ1v) is 4.52. The van der Waals surface area contributed by atoms with Gasteiger partial charge >= 0.3 is 0 Å². The number of benzene rings is 1. The number of aliphatic hydroxyl groups is 1. The largest absolute Gasteiger partial charge is 0.454 e. The first kappa shape index (κ1) is 10.2. The van der Waals surface area contributed by atoms with Crippen LogP contribution < -0.4 is 9.47 Å². The van der Waals surface area contributed by atoms with Gasteiger partial charge in [-0.2, -0.15) is 0 Å². The lowest BCUT2D eigenvalue weighted by atomic mass is 10.1. The molecule has 1 N–H and O–H groups in total. The minimum absolute atomic E-state index is 0.0599. The molecule has 5 heteroatoms. The number of hydrogen-bond acceptors (Lipinski definition) is 3. The normalized spacial score (nSPS) is 14.3. The zero-order chi connectivity index (χ0) is 10.9. The van der Waals surface area contributed by atoms with Crippen LogP contribution in [-0.2, 0) is 5.92 Å². The number of ether oxygens (including phenoxy) is 2. The van der Waals surface area contributed by atoms with E-state index in [1.54, 1.807) is 0 Å². The highest BCUT2D eigenvalue weighted by atomic mass is 19.3. The molecule has 0 atom stereocenters. The van der Waals surface area contributed by atoms with Crippen LogP contribution in [0, 0.1) is 0 Å². The van der Waals surface area contributed by atoms with Gasteiger partial charge in [0.2, 0.25) is 6.79 Å². The van der Waals surface area contributed by atoms with Gasteiger partial charge in [-0.25, -0.2) is 8.78 Å². The van der Waals surface area contributed by atoms with Crippen molar-refractivity contribution >= 4 is 0 Å². The van der Waals surface area contributed by atoms with Gasteiger partial charge in [-0.05, 0) is 18.2 Å². The topological polar surface area (TPSA) is 38.7 Å². The van der Waals surface area contributed by atoms with Crippen molar-refractivity contribution in [1.82, 2.24) is 0 Å². The van der Waals surface area contributed by atoms with Crippen LogP contribution in [0.15, 0.2) is 18.2 Å². The van der Waals surface area contributed by atoms with E-state index in [0.717, 1.165) is 0 Å². The SMILES string of the molecule is OCCC(F)(F)c1ccc2c(c1)OCO2. The molecular weight excluding hydrogens is 206 g/mol. The van der Waals surface area contributed by atoms with Gasteiger partial charge in [0.1, 0.15) is 0 Å². The number of aliphatic hydroxyl groups excluding tert-OH is 1. The van der Waals surface area contributed by atoms with Crippen molar-refractivity contribution in [2.24, 2.45) is 0 Å². The van der Waals surface area contributed by atoms with Crippen molar-refractivity contribution in [2.45, 2.75) is 12.3 Å². The highest BCUT2D eigenvalue weighted by Crippen LogP contribution is 2.39. The van der Waals surface area contributed by atoms with E-state index in [9.17, 15) is 8.78 Å². The summed E-state index contributed by atoms with van der Waals surface area (Å²) >= 11 is 0. The van der Waals surface area contributed by atoms with Crippen molar-refractivity contribution < 1.29 is 23.4 Å². The molecule has 0 spiro atoms. The molecule has 2 rings (SSSR count). The average molecular weight is 216 g/mol. The minimum atomic E-state index is -3.03. The highest BCUT2D eigenvalue weighted by molar-refractivity contribution is 5.45. The maximum absolute atomic E-state index is 13.4. The van der Waals surface area contributed by atoms with Gasteiger partial charge in [-0.15, -0.1) is 0 Å². The lowest BCUT2D eigenvalue weighted by Crippen LogP contribution is -2.14. The van der Waals surface area contributed by atoms with E-state index in [2.05, 4.69) is 0 Å². The molecule has 0 amide bonds. The van der Waals surface area contributed by atoms with Crippen molar-refractivity contribution in [2.75, 3.05) is 13.4 Å². The molecule has 0 fully saturated rings. The maximum atomic E-state index is 13.4. The summed E-state index contributed by atoms with van der Waals surface area (Å²) in [6.45, 7) is -0.494. The lowest BCUT2D eigenvalue weighted by molar-refractivity contribution is -0.0270. The van der Waals surface area contributed by atoms with Crippen LogP contribution in [0.4, 0.5) is 8.78 Å². The Balaban J connectivity index is 2.29. The van der Waals surface area contributed by atoms with Crippen LogP contribution in [0.5, 0.6) is 11.5 Å². The Kier molecular flexibility index (Phi) is 2.48. The summed E-state index contributed by atoms with van der Waals surface area (Å²) in [6.07, 6.45) is -0.591. The molecule has 0 unspecified atom stereocenters. The summed E-state index contributed by atoms with van der Waals surface area (Å²) in [5.74, 6) is -2.24. The van der Waals surface area contributed by atoms with Gasteiger partial charge in [0.05, 0.1) is 0 Å². The predicted molar refractivity (Wildman–Crippen MR) is 48.2 cm³/mol. The fraction of sp³-hybridized carbons (Fsp3) is 0.400. The Labute approximate surface area is 85.2 Å². The number of hydrogen-bond donors (Lipinski definition) is 1. The molecule has 15 heavy (non-hydrogen) atoms. The van der Waals surface area contributed by atoms with E-state index < -0.39 is 19.0 Å². The maximum Gasteiger partial charge on any atom is 0.275 e. The smallest absolute Gasteiger partial charge is 0.275 e. The van der Waals surface area contributed by atoms with Gasteiger partial charge in [0.15, 0.2) is 11.5 Å². The molecule has 0 saturated carbocycles. The minimum Gasteiger partial charge on any atom is -0.454 e. The molecule has 0 aliphatic carbocycles. The third kappa shape index (κ3) is 1.87. The Hall–Kier alpha value is -1.36. The quantitative estimate of drug-likeness (QED) is 0.838. The zero-order valence-electron chi connectivity index (χ0n) is 7.87. The van der Waals surface area contributed by atoms with Gasteiger partial charge in [0, 0.05) is 18.6 Å². The van der Waals surface area contributed by atoms with Crippen molar-refractivity contribution in [3.63, 3.8) is 0 Å². The second-order valence-corrected chi connectivity index (χ2v) is 3.25. The highest BCUT2D eigenvalue weighted by Gasteiger charge is 2.32. The molecule has 0 radical (unpaired) electrons. The molecular formula is C10H10F2O3. The van der Waals surface area contributed by atoms with Gasteiger partial charge in [-0.3, -0.25) is 0 Å². The van der Waals surface area contributed by atoms with Gasteiger partial charge in [-0.1, -0.05) is 0 Å². The van der Waals surface area contributed by atoms with E-state index in [0.29, 0.717) is 11.5 Å². The Morgan fingerprint density at radius 3 is 2.73 bits per heavy atom. The van der Waals surface area contributed by atoms with Crippen LogP contribution in [0.1, 0.15) is 12.0 Å². The fourth-order valence-corrected chi connectivity index (χ4v) is 1.41. The zero-order valence-corrected chi connectivity index (χ0v) is 7.87. The molecule has 3 nitrogen and oxygen atoms in total. The van der Waals surface area contributed by atoms with Crippen molar-refractivity contribution in [1.29, 1.82) is 0 Å². The van der Waals surface area contributed by atoms with Crippen LogP contribution in [0.25, 0.3) is 0 Å². The van der Waals surface area contributed by atoms with Crippen molar-refractivity contribution in [3.05, 3.63) is 23.8 Å². The molecule has 1 aliphatic heterocycles. The van der Waals surface area contributed by atoms with Crippen molar-refractivity contribution in [3.8, 4) is 11.5 Å². The number of alkyl halides is 2. The Bertz CT molecular complexity index is 366. The summed E-state index contributed by atoms with van der Waals surface area (Å²) < 4.78 is 36.7. The van der Waals surface area contributed by atoms with Crippen LogP contribution in [-0.4, -0.2) is 18.5 Å². The van der Waals surface area contributed by atoms with E-state index in [4.69, 9.17) is 14.6 Å². The van der Waals surface area contributed by atoms with E-state index in [1.807, 2.05) is 0 Å². The first-order valence-electron chi connectivity index (χ1n) is 4.52. The van der Waals surface area contributed by atoms with E-state index in [1.165, 1.54) is 18.2 Å². The lowest BCUT2D eigenvalue weighted by Gasteiger charge is -2.15. The second kappa shape index (κ2) is 3.66. The molecule has 1 aromatic carbocycles. The molecule has 1 aromatic rings. The third-order valence-electron chi connectivity index (χ3n) is 2.22. The van der Waals surface area contributed by atoms with Gasteiger partial charge < -0.3 is 14.6 Å². The third-order valence-corrected chi connectivity index (χ3v) is 2.22. The molecule has 1 aliphatic rings. The Morgan fingerprint density at radius 2 is 2.00 bits per heavy atom. The van der Waals surface area contributed by atoms with Crippen LogP contribution in [0.3, 0.4) is 0 Å². The summed E-state index contributed by atoms with van der Waals surface area (Å²) in [7, 11) is 0. The predicted octanol–water partition coefficient (Wildman–Crippen LogP) is 1.89. The standard InChI is InChI=1S/C10H10F2O3/c11-10(12,3-4-13)7-1-2-8-9(5-7)15-6-14-8/h1-2,5,13H,3-4,6H2. The molecule has 0 aromatic heterocycles. The molecule has 82 valence electrons. The molecule has 0 saturated heterocycles. The van der Waals surface area contributed by atoms with Gasteiger partial charge in [0.25, 0.3) is 5.92 Å².